The van der Waals surface area contributed by atoms with Gasteiger partial charge in [0.25, 0.3) is 0 Å². The number of amides is 1. The van der Waals surface area contributed by atoms with E-state index in [1.807, 2.05) is 48.0 Å². The Morgan fingerprint density at radius 3 is 2.53 bits per heavy atom. The number of aromatic nitrogens is 5. The Bertz CT molecular complexity index is 1010. The van der Waals surface area contributed by atoms with Gasteiger partial charge in [0, 0.05) is 52.2 Å². The minimum absolute atomic E-state index is 0.122. The maximum absolute atomic E-state index is 12.7. The van der Waals surface area contributed by atoms with Gasteiger partial charge in [-0.2, -0.15) is 0 Å². The van der Waals surface area contributed by atoms with Gasteiger partial charge in [0.2, 0.25) is 11.8 Å². The van der Waals surface area contributed by atoms with Gasteiger partial charge >= 0.3 is 0 Å². The summed E-state index contributed by atoms with van der Waals surface area (Å²) in [6.07, 6.45) is 1.84. The summed E-state index contributed by atoms with van der Waals surface area (Å²) in [6, 6.07) is 10.3. The van der Waals surface area contributed by atoms with Crippen LogP contribution in [0.15, 0.2) is 41.7 Å². The molecule has 30 heavy (non-hydrogen) atoms. The number of hydrogen-bond acceptors (Lipinski definition) is 7. The number of piperazine rings is 1. The number of carbonyl (C=O) groups excluding carboxylic acids is 1. The molecule has 0 spiro atoms. The van der Waals surface area contributed by atoms with Crippen molar-refractivity contribution in [2.75, 3.05) is 43.9 Å². The Labute approximate surface area is 179 Å². The molecular weight excluding hydrogens is 402 g/mol. The van der Waals surface area contributed by atoms with Gasteiger partial charge in [-0.15, -0.1) is 15.3 Å². The number of rotatable bonds is 6. The molecule has 9 nitrogen and oxygen atoms in total. The van der Waals surface area contributed by atoms with Gasteiger partial charge in [-0.1, -0.05) is 30.0 Å². The second-order valence-electron chi connectivity index (χ2n) is 7.08. The summed E-state index contributed by atoms with van der Waals surface area (Å²) in [5.74, 6) is 1.61. The summed E-state index contributed by atoms with van der Waals surface area (Å²) in [4.78, 5) is 16.9. The SMILES string of the molecule is COc1nn(C)cc1-c1nnc(SCC(=O)N2CCN(c3ccccc3)CC2)n1C. The topological polar surface area (TPSA) is 81.3 Å². The summed E-state index contributed by atoms with van der Waals surface area (Å²) in [5.41, 5.74) is 1.97. The average Bonchev–Trinajstić information content (AvgIpc) is 3.34. The predicted molar refractivity (Wildman–Crippen MR) is 116 cm³/mol. The molecule has 0 aliphatic carbocycles. The largest absolute Gasteiger partial charge is 0.479 e. The van der Waals surface area contributed by atoms with Gasteiger partial charge in [0.1, 0.15) is 5.56 Å². The molecule has 10 heteroatoms. The standard InChI is InChI=1S/C20H25N7O2S/c1-24-13-16(19(23-24)29-3)18-21-22-20(25(18)2)30-14-17(28)27-11-9-26(10-12-27)15-7-5-4-6-8-15/h4-8,13H,9-12,14H2,1-3H3. The fraction of sp³-hybridized carbons (Fsp3) is 0.400. The lowest BCUT2D eigenvalue weighted by Crippen LogP contribution is -2.49. The van der Waals surface area contributed by atoms with Crippen LogP contribution in [0, 0.1) is 0 Å². The third-order valence-electron chi connectivity index (χ3n) is 5.14. The van der Waals surface area contributed by atoms with E-state index >= 15 is 0 Å². The van der Waals surface area contributed by atoms with E-state index in [0.717, 1.165) is 31.7 Å². The van der Waals surface area contributed by atoms with E-state index < -0.39 is 0 Å². The monoisotopic (exact) mass is 427 g/mol. The van der Waals surface area contributed by atoms with E-state index in [9.17, 15) is 4.79 Å². The molecule has 2 aromatic heterocycles. The summed E-state index contributed by atoms with van der Waals surface area (Å²) in [7, 11) is 5.29. The quantitative estimate of drug-likeness (QED) is 0.554. The lowest BCUT2D eigenvalue weighted by Gasteiger charge is -2.36. The Kier molecular flexibility index (Phi) is 5.93. The molecule has 0 unspecified atom stereocenters. The van der Waals surface area contributed by atoms with Crippen LogP contribution in [0.5, 0.6) is 5.88 Å². The number of nitrogens with zero attached hydrogens (tertiary/aromatic N) is 7. The van der Waals surface area contributed by atoms with Crippen molar-refractivity contribution in [2.24, 2.45) is 14.1 Å². The molecule has 3 heterocycles. The van der Waals surface area contributed by atoms with Crippen LogP contribution in [0.2, 0.25) is 0 Å². The number of anilines is 1. The van der Waals surface area contributed by atoms with Crippen molar-refractivity contribution in [3.8, 4) is 17.3 Å². The maximum atomic E-state index is 12.7. The van der Waals surface area contributed by atoms with E-state index in [0.29, 0.717) is 22.6 Å². The number of carbonyl (C=O) groups is 1. The molecule has 0 radical (unpaired) electrons. The fourth-order valence-corrected chi connectivity index (χ4v) is 4.33. The van der Waals surface area contributed by atoms with E-state index in [1.54, 1.807) is 11.8 Å². The zero-order valence-corrected chi connectivity index (χ0v) is 18.2. The van der Waals surface area contributed by atoms with Gasteiger partial charge in [0.05, 0.1) is 12.9 Å². The van der Waals surface area contributed by atoms with Crippen molar-refractivity contribution in [2.45, 2.75) is 5.16 Å². The first kappa shape index (κ1) is 20.3. The molecule has 158 valence electrons. The second-order valence-corrected chi connectivity index (χ2v) is 8.03. The van der Waals surface area contributed by atoms with Crippen LogP contribution in [-0.2, 0) is 18.9 Å². The highest BCUT2D eigenvalue weighted by Gasteiger charge is 2.23. The Morgan fingerprint density at radius 2 is 1.83 bits per heavy atom. The Balaban J connectivity index is 1.34. The molecule has 4 rings (SSSR count). The van der Waals surface area contributed by atoms with E-state index in [4.69, 9.17) is 4.74 Å². The number of hydrogen-bond donors (Lipinski definition) is 0. The van der Waals surface area contributed by atoms with Crippen LogP contribution in [-0.4, -0.2) is 74.4 Å². The molecule has 0 bridgehead atoms. The normalized spacial score (nSPS) is 14.2. The van der Waals surface area contributed by atoms with Crippen molar-refractivity contribution < 1.29 is 9.53 Å². The van der Waals surface area contributed by atoms with Crippen molar-refractivity contribution in [1.29, 1.82) is 0 Å². The van der Waals surface area contributed by atoms with Gasteiger partial charge in [-0.25, -0.2) is 0 Å². The summed E-state index contributed by atoms with van der Waals surface area (Å²) in [6.45, 7) is 3.14. The first-order chi connectivity index (χ1) is 14.6. The lowest BCUT2D eigenvalue weighted by atomic mass is 10.2. The van der Waals surface area contributed by atoms with Crippen LogP contribution in [0.3, 0.4) is 0 Å². The number of methoxy groups -OCH3 is 1. The number of ether oxygens (including phenoxy) is 1. The first-order valence-corrected chi connectivity index (χ1v) is 10.7. The summed E-state index contributed by atoms with van der Waals surface area (Å²) < 4.78 is 8.86. The predicted octanol–water partition coefficient (Wildman–Crippen LogP) is 1.67. The number of para-hydroxylation sites is 1. The third kappa shape index (κ3) is 4.13. The summed E-state index contributed by atoms with van der Waals surface area (Å²) in [5, 5.41) is 13.5. The average molecular weight is 428 g/mol. The van der Waals surface area contributed by atoms with E-state index in [-0.39, 0.29) is 5.91 Å². The fourth-order valence-electron chi connectivity index (χ4n) is 3.52. The number of thioether (sulfide) groups is 1. The third-order valence-corrected chi connectivity index (χ3v) is 6.15. The molecule has 1 saturated heterocycles. The number of benzene rings is 1. The van der Waals surface area contributed by atoms with Crippen LogP contribution in [0.25, 0.3) is 11.4 Å². The molecule has 0 saturated carbocycles. The van der Waals surface area contributed by atoms with Gasteiger partial charge in [-0.05, 0) is 12.1 Å². The maximum Gasteiger partial charge on any atom is 0.243 e. The molecule has 1 amide bonds. The first-order valence-electron chi connectivity index (χ1n) is 9.74. The molecule has 1 aromatic carbocycles. The van der Waals surface area contributed by atoms with Crippen molar-refractivity contribution in [3.63, 3.8) is 0 Å². The molecule has 1 fully saturated rings. The lowest BCUT2D eigenvalue weighted by molar-refractivity contribution is -0.128. The molecule has 1 aliphatic rings. The molecule has 1 aliphatic heterocycles. The van der Waals surface area contributed by atoms with Crippen molar-refractivity contribution in [1.82, 2.24) is 29.4 Å². The van der Waals surface area contributed by atoms with E-state index in [1.165, 1.54) is 17.4 Å². The Morgan fingerprint density at radius 1 is 1.10 bits per heavy atom. The minimum atomic E-state index is 0.122. The highest BCUT2D eigenvalue weighted by molar-refractivity contribution is 7.99. The van der Waals surface area contributed by atoms with E-state index in [2.05, 4.69) is 32.3 Å². The smallest absolute Gasteiger partial charge is 0.243 e. The molecule has 0 atom stereocenters. The zero-order valence-electron chi connectivity index (χ0n) is 17.4. The molecule has 3 aromatic rings. The zero-order chi connectivity index (χ0) is 21.1. The summed E-state index contributed by atoms with van der Waals surface area (Å²) >= 11 is 1.40. The van der Waals surface area contributed by atoms with Gasteiger partial charge < -0.3 is 19.1 Å². The van der Waals surface area contributed by atoms with Crippen molar-refractivity contribution in [3.05, 3.63) is 36.5 Å². The minimum Gasteiger partial charge on any atom is -0.479 e. The van der Waals surface area contributed by atoms with Crippen LogP contribution in [0.4, 0.5) is 5.69 Å². The molecular formula is C20H25N7O2S. The second kappa shape index (κ2) is 8.78. The van der Waals surface area contributed by atoms with Crippen LogP contribution in [0.1, 0.15) is 0 Å². The van der Waals surface area contributed by atoms with Crippen LogP contribution < -0.4 is 9.64 Å². The highest BCUT2D eigenvalue weighted by atomic mass is 32.2. The van der Waals surface area contributed by atoms with Crippen molar-refractivity contribution >= 4 is 23.4 Å². The molecule has 0 N–H and O–H groups in total. The van der Waals surface area contributed by atoms with Gasteiger partial charge in [-0.3, -0.25) is 9.48 Å². The Hall–Kier alpha value is -3.01. The number of aryl methyl sites for hydroxylation is 1. The van der Waals surface area contributed by atoms with Crippen LogP contribution >= 0.6 is 11.8 Å². The highest BCUT2D eigenvalue weighted by Crippen LogP contribution is 2.29. The van der Waals surface area contributed by atoms with Gasteiger partial charge in [0.15, 0.2) is 11.0 Å².